The zero-order chi connectivity index (χ0) is 12.1. The number of halogens is 1. The Morgan fingerprint density at radius 1 is 1.38 bits per heavy atom. The molecule has 0 saturated carbocycles. The van der Waals surface area contributed by atoms with Gasteiger partial charge in [-0.3, -0.25) is 4.79 Å². The van der Waals surface area contributed by atoms with Gasteiger partial charge in [-0.05, 0) is 5.56 Å². The molecule has 0 fully saturated rings. The molecule has 1 atom stereocenters. The van der Waals surface area contributed by atoms with Crippen molar-refractivity contribution in [2.45, 2.75) is 12.5 Å². The molecule has 5 nitrogen and oxygen atoms in total. The van der Waals surface area contributed by atoms with E-state index in [-0.39, 0.29) is 6.42 Å². The number of carboxylic acids is 1. The molecule has 0 bridgehead atoms. The molecule has 16 heavy (non-hydrogen) atoms. The van der Waals surface area contributed by atoms with E-state index in [4.69, 9.17) is 15.2 Å². The summed E-state index contributed by atoms with van der Waals surface area (Å²) in [6.45, 7) is 0. The van der Waals surface area contributed by atoms with Gasteiger partial charge in [-0.1, -0.05) is 30.3 Å². The van der Waals surface area contributed by atoms with Gasteiger partial charge in [0.05, 0.1) is 0 Å². The third-order valence-corrected chi connectivity index (χ3v) is 2.08. The van der Waals surface area contributed by atoms with E-state index >= 15 is 0 Å². The molecule has 0 amide bonds. The summed E-state index contributed by atoms with van der Waals surface area (Å²) in [7, 11) is -2.44. The molecule has 0 unspecified atom stereocenters. The summed E-state index contributed by atoms with van der Waals surface area (Å²) in [6.07, 6.45) is -0.149. The highest BCUT2D eigenvalue weighted by Gasteiger charge is 2.34. The highest BCUT2D eigenvalue weighted by molar-refractivity contribution is 6.37. The van der Waals surface area contributed by atoms with Crippen LogP contribution >= 0.6 is 0 Å². The number of benzene rings is 1. The van der Waals surface area contributed by atoms with Crippen LogP contribution in [0.5, 0.6) is 0 Å². The van der Waals surface area contributed by atoms with Crippen LogP contribution in [-0.4, -0.2) is 39.5 Å². The average Bonchev–Trinajstić information content (AvgIpc) is 2.26. The lowest BCUT2D eigenvalue weighted by atomic mass is 10.0. The van der Waals surface area contributed by atoms with Crippen LogP contribution in [0.2, 0.25) is 0 Å². The van der Waals surface area contributed by atoms with Crippen molar-refractivity contribution < 1.29 is 24.4 Å². The summed E-state index contributed by atoms with van der Waals surface area (Å²) in [4.78, 5) is 10.7. The fourth-order valence-corrected chi connectivity index (χ4v) is 1.28. The van der Waals surface area contributed by atoms with Crippen LogP contribution in [0.1, 0.15) is 5.56 Å². The van der Waals surface area contributed by atoms with Crippen molar-refractivity contribution in [1.29, 1.82) is 0 Å². The fraction of sp³-hybridized carbons (Fsp3) is 0.222. The molecule has 0 aromatic heterocycles. The number of rotatable bonds is 5. The van der Waals surface area contributed by atoms with Crippen LogP contribution in [0.4, 0.5) is 4.48 Å². The number of hydrogen-bond donors (Lipinski definition) is 3. The van der Waals surface area contributed by atoms with Crippen molar-refractivity contribution in [2.75, 3.05) is 0 Å². The molecule has 1 aromatic carbocycles. The second-order valence-corrected chi connectivity index (χ2v) is 3.23. The summed E-state index contributed by atoms with van der Waals surface area (Å²) in [5.41, 5.74) is 0.596. The largest absolute Gasteiger partial charge is 0.582 e. The number of aliphatic carboxylic acids is 1. The minimum absolute atomic E-state index is 0.149. The predicted molar refractivity (Wildman–Crippen MR) is 54.7 cm³/mol. The SMILES string of the molecule is O=C(O)[C@H](Cc1ccccc1)N(F)B(O)O. The normalized spacial score (nSPS) is 12.5. The van der Waals surface area contributed by atoms with Crippen molar-refractivity contribution in [3.8, 4) is 0 Å². The second kappa shape index (κ2) is 5.59. The highest BCUT2D eigenvalue weighted by atomic mass is 19.2. The maximum absolute atomic E-state index is 13.1. The molecule has 0 aliphatic rings. The molecule has 1 aromatic rings. The van der Waals surface area contributed by atoms with Gasteiger partial charge in [0.1, 0.15) is 6.04 Å². The molecule has 0 aliphatic heterocycles. The van der Waals surface area contributed by atoms with Gasteiger partial charge in [0.25, 0.3) is 0 Å². The third-order valence-electron chi connectivity index (χ3n) is 2.08. The molecule has 0 aliphatic carbocycles. The lowest BCUT2D eigenvalue weighted by Crippen LogP contribution is -2.46. The summed E-state index contributed by atoms with van der Waals surface area (Å²) in [5.74, 6) is -1.46. The van der Waals surface area contributed by atoms with Gasteiger partial charge in [-0.15, -0.1) is 9.51 Å². The molecule has 86 valence electrons. The van der Waals surface area contributed by atoms with Gasteiger partial charge in [-0.2, -0.15) is 0 Å². The zero-order valence-corrected chi connectivity index (χ0v) is 8.32. The second-order valence-electron chi connectivity index (χ2n) is 3.23. The molecule has 0 saturated heterocycles. The maximum atomic E-state index is 13.1. The topological polar surface area (TPSA) is 81.0 Å². The average molecular weight is 227 g/mol. The fourth-order valence-electron chi connectivity index (χ4n) is 1.28. The van der Waals surface area contributed by atoms with E-state index in [1.807, 2.05) is 0 Å². The van der Waals surface area contributed by atoms with Crippen LogP contribution in [0.3, 0.4) is 0 Å². The number of carbonyl (C=O) groups is 1. The van der Waals surface area contributed by atoms with Gasteiger partial charge < -0.3 is 15.2 Å². The molecule has 1 rings (SSSR count). The molecular weight excluding hydrogens is 216 g/mol. The Balaban J connectivity index is 2.77. The predicted octanol–water partition coefficient (Wildman–Crippen LogP) is -0.162. The van der Waals surface area contributed by atoms with E-state index in [9.17, 15) is 9.28 Å². The van der Waals surface area contributed by atoms with Crippen molar-refractivity contribution in [1.82, 2.24) is 5.03 Å². The maximum Gasteiger partial charge on any atom is 0.582 e. The van der Waals surface area contributed by atoms with Crippen LogP contribution < -0.4 is 0 Å². The number of nitrogens with zero attached hydrogens (tertiary/aromatic N) is 1. The van der Waals surface area contributed by atoms with Crippen molar-refractivity contribution in [3.05, 3.63) is 35.9 Å². The van der Waals surface area contributed by atoms with E-state index in [0.717, 1.165) is 0 Å². The van der Waals surface area contributed by atoms with Crippen molar-refractivity contribution in [3.63, 3.8) is 0 Å². The Hall–Kier alpha value is -1.44. The molecule has 0 spiro atoms. The van der Waals surface area contributed by atoms with Gasteiger partial charge in [0.15, 0.2) is 0 Å². The smallest absolute Gasteiger partial charge is 0.480 e. The van der Waals surface area contributed by atoms with E-state index in [1.165, 1.54) is 0 Å². The molecule has 0 radical (unpaired) electrons. The van der Waals surface area contributed by atoms with Gasteiger partial charge >= 0.3 is 13.2 Å². The minimum Gasteiger partial charge on any atom is -0.480 e. The van der Waals surface area contributed by atoms with Crippen molar-refractivity contribution in [2.24, 2.45) is 0 Å². The van der Waals surface area contributed by atoms with Crippen LogP contribution in [0.15, 0.2) is 30.3 Å². The summed E-state index contributed by atoms with van der Waals surface area (Å²) in [5, 5.41) is 25.4. The zero-order valence-electron chi connectivity index (χ0n) is 8.32. The monoisotopic (exact) mass is 227 g/mol. The molecule has 3 N–H and O–H groups in total. The first kappa shape index (κ1) is 12.6. The van der Waals surface area contributed by atoms with Gasteiger partial charge in [-0.25, -0.2) is 0 Å². The Morgan fingerprint density at radius 2 is 1.94 bits per heavy atom. The summed E-state index contributed by atoms with van der Waals surface area (Å²) in [6, 6.07) is 6.76. The van der Waals surface area contributed by atoms with Crippen LogP contribution in [0.25, 0.3) is 0 Å². The van der Waals surface area contributed by atoms with Gasteiger partial charge in [0, 0.05) is 6.42 Å². The standard InChI is InChI=1S/C9H11BFNO4/c11-12(10(15)16)8(9(13)14)6-7-4-2-1-3-5-7/h1-5,8,15-16H,6H2,(H,13,14)/t8-/m0/s1. The van der Waals surface area contributed by atoms with E-state index < -0.39 is 24.3 Å². The molecular formula is C9H11BFNO4. The quantitative estimate of drug-likeness (QED) is 0.481. The first-order valence-corrected chi connectivity index (χ1v) is 4.59. The Morgan fingerprint density at radius 3 is 2.38 bits per heavy atom. The first-order valence-electron chi connectivity index (χ1n) is 4.59. The van der Waals surface area contributed by atoms with Gasteiger partial charge in [0.2, 0.25) is 0 Å². The minimum atomic E-state index is -2.44. The molecule has 0 heterocycles. The number of carboxylic acid groups (broad SMARTS) is 1. The lowest BCUT2D eigenvalue weighted by Gasteiger charge is -2.18. The third kappa shape index (κ3) is 3.30. The highest BCUT2D eigenvalue weighted by Crippen LogP contribution is 2.10. The first-order chi connectivity index (χ1) is 7.52. The Labute approximate surface area is 91.8 Å². The van der Waals surface area contributed by atoms with Crippen LogP contribution in [-0.2, 0) is 11.2 Å². The van der Waals surface area contributed by atoms with E-state index in [0.29, 0.717) is 5.56 Å². The van der Waals surface area contributed by atoms with E-state index in [1.54, 1.807) is 30.3 Å². The Bertz CT molecular complexity index is 349. The summed E-state index contributed by atoms with van der Waals surface area (Å²) < 4.78 is 13.1. The molecule has 7 heteroatoms. The van der Waals surface area contributed by atoms with E-state index in [2.05, 4.69) is 0 Å². The van der Waals surface area contributed by atoms with Crippen LogP contribution in [0, 0.1) is 0 Å². The van der Waals surface area contributed by atoms with Crippen molar-refractivity contribution >= 4 is 13.2 Å². The summed E-state index contributed by atoms with van der Waals surface area (Å²) >= 11 is 0. The Kier molecular flexibility index (Phi) is 4.42. The number of hydrogen-bond acceptors (Lipinski definition) is 4. The lowest BCUT2D eigenvalue weighted by molar-refractivity contribution is -0.147.